The normalized spacial score (nSPS) is 11.2. The van der Waals surface area contributed by atoms with Crippen molar-refractivity contribution in [2.24, 2.45) is 0 Å². The maximum Gasteiger partial charge on any atom is 0.252 e. The van der Waals surface area contributed by atoms with Gasteiger partial charge in [0, 0.05) is 11.1 Å². The number of aryl methyl sites for hydroxylation is 2. The van der Waals surface area contributed by atoms with Gasteiger partial charge in [-0.05, 0) is 43.7 Å². The molecule has 26 heavy (non-hydrogen) atoms. The van der Waals surface area contributed by atoms with Gasteiger partial charge < -0.3 is 10.3 Å². The molecule has 130 valence electrons. The minimum Gasteiger partial charge on any atom is -0.345 e. The lowest BCUT2D eigenvalue weighted by atomic mass is 10.0. The van der Waals surface area contributed by atoms with E-state index in [9.17, 15) is 9.18 Å². The Morgan fingerprint density at radius 2 is 2.00 bits per heavy atom. The third kappa shape index (κ3) is 2.90. The van der Waals surface area contributed by atoms with Crippen LogP contribution in [0, 0.1) is 19.7 Å². The molecule has 0 aliphatic carbocycles. The number of nitrogens with zero attached hydrogens (tertiary/aromatic N) is 2. The van der Waals surface area contributed by atoms with Gasteiger partial charge in [-0.1, -0.05) is 18.2 Å². The Labute approximate surface area is 149 Å². The average molecular weight is 348 g/mol. The van der Waals surface area contributed by atoms with Gasteiger partial charge in [0.1, 0.15) is 11.6 Å². The SMILES string of the molecule is Cc1cc(C(=O)NCc2nc3ccc(F)cc3[nH]2)c2cccc(C)c2n1. The van der Waals surface area contributed by atoms with Gasteiger partial charge in [0.2, 0.25) is 0 Å². The van der Waals surface area contributed by atoms with Gasteiger partial charge in [-0.3, -0.25) is 9.78 Å². The van der Waals surface area contributed by atoms with Crippen LogP contribution < -0.4 is 5.32 Å². The van der Waals surface area contributed by atoms with Crippen LogP contribution in [0.5, 0.6) is 0 Å². The number of rotatable bonds is 3. The number of nitrogens with one attached hydrogen (secondary N) is 2. The average Bonchev–Trinajstić information content (AvgIpc) is 3.02. The molecular formula is C20H17FN4O. The monoisotopic (exact) mass is 348 g/mol. The molecule has 0 aliphatic heterocycles. The second kappa shape index (κ2) is 6.22. The van der Waals surface area contributed by atoms with Crippen molar-refractivity contribution in [3.63, 3.8) is 0 Å². The van der Waals surface area contributed by atoms with Crippen LogP contribution in [0.4, 0.5) is 4.39 Å². The summed E-state index contributed by atoms with van der Waals surface area (Å²) in [7, 11) is 0. The first-order valence-corrected chi connectivity index (χ1v) is 8.30. The second-order valence-electron chi connectivity index (χ2n) is 6.31. The van der Waals surface area contributed by atoms with E-state index in [2.05, 4.69) is 20.3 Å². The van der Waals surface area contributed by atoms with E-state index in [0.717, 1.165) is 22.2 Å². The van der Waals surface area contributed by atoms with Crippen LogP contribution in [-0.4, -0.2) is 20.9 Å². The summed E-state index contributed by atoms with van der Waals surface area (Å²) in [6, 6.07) is 11.9. The minimum absolute atomic E-state index is 0.197. The summed E-state index contributed by atoms with van der Waals surface area (Å²) in [6.07, 6.45) is 0. The van der Waals surface area contributed by atoms with Gasteiger partial charge in [0.15, 0.2) is 0 Å². The number of imidazole rings is 1. The molecule has 2 aromatic heterocycles. The van der Waals surface area contributed by atoms with Gasteiger partial charge in [0.05, 0.1) is 28.7 Å². The maximum atomic E-state index is 13.3. The molecule has 0 fully saturated rings. The van der Waals surface area contributed by atoms with Crippen LogP contribution in [0.1, 0.15) is 27.4 Å². The molecule has 0 atom stereocenters. The maximum absolute atomic E-state index is 13.3. The fourth-order valence-electron chi connectivity index (χ4n) is 3.09. The number of benzene rings is 2. The molecule has 2 heterocycles. The quantitative estimate of drug-likeness (QED) is 0.592. The first-order valence-electron chi connectivity index (χ1n) is 8.30. The third-order valence-electron chi connectivity index (χ3n) is 4.32. The van der Waals surface area contributed by atoms with Crippen molar-refractivity contribution < 1.29 is 9.18 Å². The predicted molar refractivity (Wildman–Crippen MR) is 98.4 cm³/mol. The number of fused-ring (bicyclic) bond motifs is 2. The lowest BCUT2D eigenvalue weighted by Crippen LogP contribution is -2.24. The van der Waals surface area contributed by atoms with Crippen molar-refractivity contribution in [1.29, 1.82) is 0 Å². The highest BCUT2D eigenvalue weighted by Crippen LogP contribution is 2.21. The van der Waals surface area contributed by atoms with Crippen LogP contribution in [0.2, 0.25) is 0 Å². The molecule has 4 aromatic rings. The number of hydrogen-bond acceptors (Lipinski definition) is 3. The number of pyridine rings is 1. The molecule has 5 nitrogen and oxygen atoms in total. The van der Waals surface area contributed by atoms with Crippen LogP contribution in [0.25, 0.3) is 21.9 Å². The molecule has 0 saturated carbocycles. The molecule has 2 N–H and O–H groups in total. The Balaban J connectivity index is 1.62. The van der Waals surface area contributed by atoms with E-state index in [1.165, 1.54) is 12.1 Å². The Morgan fingerprint density at radius 3 is 2.85 bits per heavy atom. The van der Waals surface area contributed by atoms with Crippen molar-refractivity contribution in [3.8, 4) is 0 Å². The van der Waals surface area contributed by atoms with Crippen molar-refractivity contribution >= 4 is 27.8 Å². The topological polar surface area (TPSA) is 70.7 Å². The molecule has 0 radical (unpaired) electrons. The van der Waals surface area contributed by atoms with Crippen molar-refractivity contribution in [1.82, 2.24) is 20.3 Å². The highest BCUT2D eigenvalue weighted by molar-refractivity contribution is 6.06. The highest BCUT2D eigenvalue weighted by Gasteiger charge is 2.13. The zero-order valence-electron chi connectivity index (χ0n) is 14.4. The number of halogens is 1. The first-order chi connectivity index (χ1) is 12.5. The van der Waals surface area contributed by atoms with Crippen molar-refractivity contribution in [2.45, 2.75) is 20.4 Å². The van der Waals surface area contributed by atoms with Crippen LogP contribution in [0.3, 0.4) is 0 Å². The summed E-state index contributed by atoms with van der Waals surface area (Å²) < 4.78 is 13.3. The van der Waals surface area contributed by atoms with E-state index >= 15 is 0 Å². The van der Waals surface area contributed by atoms with Gasteiger partial charge in [-0.15, -0.1) is 0 Å². The van der Waals surface area contributed by atoms with E-state index < -0.39 is 0 Å². The largest absolute Gasteiger partial charge is 0.345 e. The van der Waals surface area contributed by atoms with Crippen molar-refractivity contribution in [3.05, 3.63) is 70.9 Å². The number of hydrogen-bond donors (Lipinski definition) is 2. The number of carbonyl (C=O) groups is 1. The molecule has 0 saturated heterocycles. The molecule has 0 bridgehead atoms. The minimum atomic E-state index is -0.328. The molecule has 0 unspecified atom stereocenters. The summed E-state index contributed by atoms with van der Waals surface area (Å²) >= 11 is 0. The van der Waals surface area contributed by atoms with E-state index in [4.69, 9.17) is 0 Å². The van der Waals surface area contributed by atoms with E-state index in [1.54, 1.807) is 12.1 Å². The summed E-state index contributed by atoms with van der Waals surface area (Å²) in [4.78, 5) is 24.7. The van der Waals surface area contributed by atoms with Crippen molar-refractivity contribution in [2.75, 3.05) is 0 Å². The molecule has 4 rings (SSSR count). The summed E-state index contributed by atoms with van der Waals surface area (Å²) in [5.41, 5.74) is 4.50. The second-order valence-corrected chi connectivity index (χ2v) is 6.31. The van der Waals surface area contributed by atoms with Gasteiger partial charge in [0.25, 0.3) is 5.91 Å². The smallest absolute Gasteiger partial charge is 0.252 e. The molecule has 2 aromatic carbocycles. The van der Waals surface area contributed by atoms with E-state index in [0.29, 0.717) is 22.4 Å². The lowest BCUT2D eigenvalue weighted by Gasteiger charge is -2.09. The fraction of sp³-hybridized carbons (Fsp3) is 0.150. The molecule has 6 heteroatoms. The number of aromatic amines is 1. The number of aromatic nitrogens is 3. The molecule has 0 aliphatic rings. The van der Waals surface area contributed by atoms with Gasteiger partial charge in [-0.25, -0.2) is 9.37 Å². The zero-order valence-corrected chi connectivity index (χ0v) is 14.4. The summed E-state index contributed by atoms with van der Waals surface area (Å²) in [6.45, 7) is 4.07. The summed E-state index contributed by atoms with van der Waals surface area (Å²) in [5.74, 6) is 0.0498. The Morgan fingerprint density at radius 1 is 1.15 bits per heavy atom. The van der Waals surface area contributed by atoms with Crippen LogP contribution >= 0.6 is 0 Å². The molecule has 1 amide bonds. The van der Waals surface area contributed by atoms with E-state index in [1.807, 2.05) is 32.0 Å². The standard InChI is InChI=1S/C20H17FN4O/c1-11-4-3-5-14-15(8-12(2)23-19(11)14)20(26)22-10-18-24-16-7-6-13(21)9-17(16)25-18/h3-9H,10H2,1-2H3,(H,22,26)(H,24,25). The van der Waals surface area contributed by atoms with Crippen LogP contribution in [-0.2, 0) is 6.54 Å². The summed E-state index contributed by atoms with van der Waals surface area (Å²) in [5, 5.41) is 3.69. The zero-order chi connectivity index (χ0) is 18.3. The number of amides is 1. The van der Waals surface area contributed by atoms with E-state index in [-0.39, 0.29) is 18.3 Å². The fourth-order valence-corrected chi connectivity index (χ4v) is 3.09. The number of para-hydroxylation sites is 1. The highest BCUT2D eigenvalue weighted by atomic mass is 19.1. The number of carbonyl (C=O) groups excluding carboxylic acids is 1. The number of H-pyrrole nitrogens is 1. The Kier molecular flexibility index (Phi) is 3.88. The van der Waals surface area contributed by atoms with Crippen LogP contribution in [0.15, 0.2) is 42.5 Å². The lowest BCUT2D eigenvalue weighted by molar-refractivity contribution is 0.0951. The molecule has 0 spiro atoms. The molecular weight excluding hydrogens is 331 g/mol. The van der Waals surface area contributed by atoms with Gasteiger partial charge in [-0.2, -0.15) is 0 Å². The van der Waals surface area contributed by atoms with Gasteiger partial charge >= 0.3 is 0 Å². The Hall–Kier alpha value is -3.28. The Bertz CT molecular complexity index is 1150. The third-order valence-corrected chi connectivity index (χ3v) is 4.32. The predicted octanol–water partition coefficient (Wildman–Crippen LogP) is 3.80. The first kappa shape index (κ1) is 16.2.